The fourth-order valence-corrected chi connectivity index (χ4v) is 2.52. The molecule has 2 aromatic carbocycles. The smallest absolute Gasteiger partial charge is 0.261 e. The molecule has 0 aliphatic carbocycles. The van der Waals surface area contributed by atoms with E-state index in [1.807, 2.05) is 24.3 Å². The Labute approximate surface area is 134 Å². The van der Waals surface area contributed by atoms with Gasteiger partial charge in [0.15, 0.2) is 5.82 Å². The van der Waals surface area contributed by atoms with Crippen LogP contribution in [0.5, 0.6) is 5.75 Å². The Bertz CT molecular complexity index is 789. The summed E-state index contributed by atoms with van der Waals surface area (Å²) >= 11 is 9.29. The topological polar surface area (TPSA) is 59.2 Å². The van der Waals surface area contributed by atoms with Gasteiger partial charge in [0.25, 0.3) is 5.89 Å². The lowest BCUT2D eigenvalue weighted by Gasteiger charge is -2.00. The van der Waals surface area contributed by atoms with E-state index < -0.39 is 0 Å². The van der Waals surface area contributed by atoms with Crippen LogP contribution in [0.1, 0.15) is 11.4 Å². The molecule has 1 aromatic heterocycles. The van der Waals surface area contributed by atoms with Crippen LogP contribution in [-0.4, -0.2) is 15.2 Å². The minimum Gasteiger partial charge on any atom is -0.507 e. The van der Waals surface area contributed by atoms with Crippen molar-refractivity contribution in [3.05, 3.63) is 63.3 Å². The third-order valence-electron chi connectivity index (χ3n) is 2.96. The summed E-state index contributed by atoms with van der Waals surface area (Å²) in [6.07, 6.45) is 0.541. The van der Waals surface area contributed by atoms with Crippen molar-refractivity contribution >= 4 is 27.5 Å². The minimum atomic E-state index is 0.0126. The molecule has 6 heteroatoms. The molecule has 0 spiro atoms. The van der Waals surface area contributed by atoms with E-state index >= 15 is 0 Å². The highest BCUT2D eigenvalue weighted by atomic mass is 79.9. The number of hydrogen-bond donors (Lipinski definition) is 1. The van der Waals surface area contributed by atoms with Crippen molar-refractivity contribution < 1.29 is 9.63 Å². The molecule has 0 aliphatic rings. The lowest BCUT2D eigenvalue weighted by atomic mass is 10.1. The van der Waals surface area contributed by atoms with Gasteiger partial charge in [-0.15, -0.1) is 0 Å². The molecule has 0 unspecified atom stereocenters. The van der Waals surface area contributed by atoms with E-state index in [0.717, 1.165) is 10.0 Å². The van der Waals surface area contributed by atoms with Crippen molar-refractivity contribution in [2.45, 2.75) is 6.42 Å². The number of aromatic hydroxyl groups is 1. The summed E-state index contributed by atoms with van der Waals surface area (Å²) in [5.41, 5.74) is 1.52. The third-order valence-corrected chi connectivity index (χ3v) is 3.97. The maximum atomic E-state index is 9.87. The van der Waals surface area contributed by atoms with Crippen molar-refractivity contribution in [2.24, 2.45) is 0 Å². The molecular weight excluding hydrogens is 356 g/mol. The average molecular weight is 366 g/mol. The summed E-state index contributed by atoms with van der Waals surface area (Å²) in [6.45, 7) is 0. The van der Waals surface area contributed by atoms with Crippen LogP contribution in [0, 0.1) is 0 Å². The van der Waals surface area contributed by atoms with Gasteiger partial charge in [-0.1, -0.05) is 50.9 Å². The highest BCUT2D eigenvalue weighted by Crippen LogP contribution is 2.30. The molecule has 21 heavy (non-hydrogen) atoms. The second-order valence-corrected chi connectivity index (χ2v) is 5.74. The summed E-state index contributed by atoms with van der Waals surface area (Å²) in [6, 6.07) is 12.6. The van der Waals surface area contributed by atoms with Crippen LogP contribution in [0.25, 0.3) is 11.5 Å². The van der Waals surface area contributed by atoms with Crippen LogP contribution in [0.3, 0.4) is 0 Å². The highest BCUT2D eigenvalue weighted by Gasteiger charge is 2.14. The number of phenolic OH excluding ortho intramolecular Hbond substituents is 1. The molecule has 0 aliphatic heterocycles. The lowest BCUT2D eigenvalue weighted by Crippen LogP contribution is -1.91. The Hall–Kier alpha value is -1.85. The molecule has 4 nitrogen and oxygen atoms in total. The fraction of sp³-hybridized carbons (Fsp3) is 0.0667. The maximum Gasteiger partial charge on any atom is 0.261 e. The highest BCUT2D eigenvalue weighted by molar-refractivity contribution is 9.10. The van der Waals surface area contributed by atoms with Gasteiger partial charge in [0.1, 0.15) is 5.75 Å². The van der Waals surface area contributed by atoms with Gasteiger partial charge in [-0.05, 0) is 29.8 Å². The summed E-state index contributed by atoms with van der Waals surface area (Å²) in [5, 5.41) is 14.3. The first-order valence-electron chi connectivity index (χ1n) is 6.18. The SMILES string of the molecule is Oc1cc(Cl)ccc1-c1nc(Cc2ccccc2Br)no1. The molecule has 0 saturated heterocycles. The van der Waals surface area contributed by atoms with Gasteiger partial charge >= 0.3 is 0 Å². The van der Waals surface area contributed by atoms with Crippen LogP contribution in [-0.2, 0) is 6.42 Å². The number of rotatable bonds is 3. The lowest BCUT2D eigenvalue weighted by molar-refractivity contribution is 0.418. The molecule has 0 amide bonds. The molecule has 0 bridgehead atoms. The number of halogens is 2. The largest absolute Gasteiger partial charge is 0.507 e. The van der Waals surface area contributed by atoms with Crippen LogP contribution in [0.2, 0.25) is 5.02 Å². The predicted octanol–water partition coefficient (Wildman–Crippen LogP) is 4.45. The second-order valence-electron chi connectivity index (χ2n) is 4.45. The summed E-state index contributed by atoms with van der Waals surface area (Å²) < 4.78 is 6.20. The first kappa shape index (κ1) is 14.1. The van der Waals surface area contributed by atoms with Crippen molar-refractivity contribution in [3.8, 4) is 17.2 Å². The van der Waals surface area contributed by atoms with Crippen LogP contribution in [0.4, 0.5) is 0 Å². The van der Waals surface area contributed by atoms with Gasteiger partial charge in [0.2, 0.25) is 0 Å². The van der Waals surface area contributed by atoms with Crippen molar-refractivity contribution in [1.82, 2.24) is 10.1 Å². The van der Waals surface area contributed by atoms with E-state index in [0.29, 0.717) is 22.8 Å². The molecule has 0 radical (unpaired) electrons. The van der Waals surface area contributed by atoms with Crippen LogP contribution in [0.15, 0.2) is 51.5 Å². The number of hydrogen-bond acceptors (Lipinski definition) is 4. The van der Waals surface area contributed by atoms with Crippen LogP contribution >= 0.6 is 27.5 Å². The molecule has 1 N–H and O–H groups in total. The second kappa shape index (κ2) is 5.87. The normalized spacial score (nSPS) is 10.8. The average Bonchev–Trinajstić information content (AvgIpc) is 2.90. The number of benzene rings is 2. The van der Waals surface area contributed by atoms with Gasteiger partial charge in [0, 0.05) is 15.9 Å². The van der Waals surface area contributed by atoms with Gasteiger partial charge in [-0.3, -0.25) is 0 Å². The fourth-order valence-electron chi connectivity index (χ4n) is 1.93. The predicted molar refractivity (Wildman–Crippen MR) is 83.4 cm³/mol. The summed E-state index contributed by atoms with van der Waals surface area (Å²) in [4.78, 5) is 4.31. The molecule has 1 heterocycles. The summed E-state index contributed by atoms with van der Waals surface area (Å²) in [5.74, 6) is 0.830. The van der Waals surface area contributed by atoms with E-state index in [2.05, 4.69) is 26.1 Å². The van der Waals surface area contributed by atoms with Crippen LogP contribution < -0.4 is 0 Å². The molecular formula is C15H10BrClN2O2. The van der Waals surface area contributed by atoms with Crippen molar-refractivity contribution in [1.29, 1.82) is 0 Å². The van der Waals surface area contributed by atoms with E-state index in [1.54, 1.807) is 12.1 Å². The summed E-state index contributed by atoms with van der Waals surface area (Å²) in [7, 11) is 0. The Balaban J connectivity index is 1.88. The molecule has 0 atom stereocenters. The maximum absolute atomic E-state index is 9.87. The monoisotopic (exact) mass is 364 g/mol. The van der Waals surface area contributed by atoms with Gasteiger partial charge < -0.3 is 9.63 Å². The number of aromatic nitrogens is 2. The van der Waals surface area contributed by atoms with Gasteiger partial charge in [0.05, 0.1) is 5.56 Å². The quantitative estimate of drug-likeness (QED) is 0.745. The molecule has 106 valence electrons. The molecule has 3 aromatic rings. The first-order chi connectivity index (χ1) is 10.1. The van der Waals surface area contributed by atoms with Crippen molar-refractivity contribution in [3.63, 3.8) is 0 Å². The first-order valence-corrected chi connectivity index (χ1v) is 7.35. The Morgan fingerprint density at radius 1 is 1.19 bits per heavy atom. The molecule has 0 saturated carbocycles. The van der Waals surface area contributed by atoms with Crippen molar-refractivity contribution in [2.75, 3.05) is 0 Å². The van der Waals surface area contributed by atoms with E-state index in [9.17, 15) is 5.11 Å². The number of nitrogens with zero attached hydrogens (tertiary/aromatic N) is 2. The molecule has 3 rings (SSSR count). The zero-order valence-electron chi connectivity index (χ0n) is 10.8. The van der Waals surface area contributed by atoms with E-state index in [4.69, 9.17) is 16.1 Å². The van der Waals surface area contributed by atoms with E-state index in [-0.39, 0.29) is 11.6 Å². The minimum absolute atomic E-state index is 0.0126. The zero-order chi connectivity index (χ0) is 14.8. The van der Waals surface area contributed by atoms with E-state index in [1.165, 1.54) is 6.07 Å². The number of phenols is 1. The zero-order valence-corrected chi connectivity index (χ0v) is 13.1. The van der Waals surface area contributed by atoms with Gasteiger partial charge in [-0.25, -0.2) is 0 Å². The Kier molecular flexibility index (Phi) is 3.94. The third kappa shape index (κ3) is 3.09. The Morgan fingerprint density at radius 2 is 2.00 bits per heavy atom. The Morgan fingerprint density at radius 3 is 2.76 bits per heavy atom. The molecule has 0 fully saturated rings. The standard InChI is InChI=1S/C15H10BrClN2O2/c16-12-4-2-1-3-9(12)7-14-18-15(21-19-14)11-6-5-10(17)8-13(11)20/h1-6,8,20H,7H2. The van der Waals surface area contributed by atoms with Gasteiger partial charge in [-0.2, -0.15) is 4.98 Å².